The minimum absolute atomic E-state index is 0. The van der Waals surface area contributed by atoms with E-state index in [4.69, 9.17) is 9.31 Å². The summed E-state index contributed by atoms with van der Waals surface area (Å²) in [6.45, 7) is 21.6. The lowest BCUT2D eigenvalue weighted by Crippen LogP contribution is -2.48. The van der Waals surface area contributed by atoms with Crippen molar-refractivity contribution in [1.82, 2.24) is 25.2 Å². The van der Waals surface area contributed by atoms with Crippen LogP contribution in [-0.4, -0.2) is 135 Å². The molecule has 21 heteroatoms. The Labute approximate surface area is 528 Å². The molecule has 5 atom stereocenters. The molecule has 3 saturated heterocycles. The Hall–Kier alpha value is -7.56. The molecule has 5 aromatic carbocycles. The second-order valence-electron chi connectivity index (χ2n) is 24.3. The number of tetrazole rings is 1. The quantitative estimate of drug-likeness (QED) is 0.0351. The first-order valence-corrected chi connectivity index (χ1v) is 30.3. The number of hydrogen-bond acceptors (Lipinski definition) is 15. The molecular formula is C69H88BF4N9O7. The summed E-state index contributed by atoms with van der Waals surface area (Å²) >= 11 is 0. The number of nitrogens with zero attached hydrogens (tertiary/aromatic N) is 9. The van der Waals surface area contributed by atoms with Crippen LogP contribution in [0.4, 0.5) is 40.3 Å². The van der Waals surface area contributed by atoms with Crippen LogP contribution in [0, 0.1) is 23.5 Å². The van der Waals surface area contributed by atoms with E-state index in [0.717, 1.165) is 128 Å². The van der Waals surface area contributed by atoms with E-state index in [1.54, 1.807) is 13.8 Å². The lowest BCUT2D eigenvalue weighted by molar-refractivity contribution is -0.207. The molecule has 16 nitrogen and oxygen atoms in total. The molecule has 3 fully saturated rings. The van der Waals surface area contributed by atoms with Gasteiger partial charge in [-0.15, -0.1) is 5.10 Å². The maximum absolute atomic E-state index is 16.1. The van der Waals surface area contributed by atoms with Gasteiger partial charge >= 0.3 is 13.0 Å². The average Bonchev–Trinajstić information content (AvgIpc) is 0.904. The molecule has 0 amide bonds. The highest BCUT2D eigenvalue weighted by Crippen LogP contribution is 2.47. The highest BCUT2D eigenvalue weighted by molar-refractivity contribution is 6.62. The summed E-state index contributed by atoms with van der Waals surface area (Å²) in [6, 6.07) is 36.2. The summed E-state index contributed by atoms with van der Waals surface area (Å²) in [5.74, 6) is -6.42. The number of aliphatic hydroxyl groups excluding tert-OH is 2. The van der Waals surface area contributed by atoms with Gasteiger partial charge in [0.05, 0.1) is 30.0 Å². The topological polar surface area (TPSA) is 183 Å². The van der Waals surface area contributed by atoms with Gasteiger partial charge in [-0.2, -0.15) is 8.78 Å². The van der Waals surface area contributed by atoms with E-state index >= 15 is 8.78 Å². The Morgan fingerprint density at radius 3 is 1.39 bits per heavy atom. The fraction of sp³-hybridized carbons (Fsp3) is 0.449. The van der Waals surface area contributed by atoms with Crippen molar-refractivity contribution in [2.24, 2.45) is 11.8 Å². The molecule has 0 bridgehead atoms. The van der Waals surface area contributed by atoms with Gasteiger partial charge in [-0.05, 0) is 166 Å². The van der Waals surface area contributed by atoms with Crippen molar-refractivity contribution < 1.29 is 51.8 Å². The number of benzene rings is 5. The van der Waals surface area contributed by atoms with Crippen molar-refractivity contribution >= 4 is 46.9 Å². The summed E-state index contributed by atoms with van der Waals surface area (Å²) in [5.41, 5.74) is 2.50. The fourth-order valence-corrected chi connectivity index (χ4v) is 11.5. The fourth-order valence-electron chi connectivity index (χ4n) is 11.5. The highest BCUT2D eigenvalue weighted by Gasteiger charge is 2.58. The number of halogens is 4. The third-order valence-electron chi connectivity index (χ3n) is 18.1. The Kier molecular flexibility index (Phi) is 23.0. The van der Waals surface area contributed by atoms with Crippen LogP contribution in [-0.2, 0) is 27.4 Å². The molecule has 3 N–H and O–H groups in total. The first kappa shape index (κ1) is 69.9. The average molecular weight is 1240 g/mol. The number of carbonyl (C=O) groups is 2. The normalized spacial score (nSPS) is 17.6. The molecule has 3 aliphatic heterocycles. The molecule has 0 aliphatic carbocycles. The SMILES string of the molecule is C.C.CC[C@H](CC(=O)c1ccc(N2CCN(c3ccc(-c4ccc(C(F)(F)[C@](O)(Cn5cnnn5)c5ccc(F)cc5F)nc4)cc3)CC2)cc1)[C@H](C)O.CC[C@H](CC(=O)c1ccc(N2CCN(c3ccc(B4OC(C)(C)C(C)(C)O4)cc3)CC2)cc1)[C@H](C)O. The van der Waals surface area contributed by atoms with E-state index in [9.17, 15) is 33.7 Å². The predicted molar refractivity (Wildman–Crippen MR) is 348 cm³/mol. The van der Waals surface area contributed by atoms with Crippen LogP contribution >= 0.6 is 0 Å². The smallest absolute Gasteiger partial charge is 0.399 e. The van der Waals surface area contributed by atoms with Gasteiger partial charge in [0.15, 0.2) is 17.2 Å². The van der Waals surface area contributed by atoms with Crippen LogP contribution in [0.25, 0.3) is 11.1 Å². The highest BCUT2D eigenvalue weighted by atomic mass is 19.3. The predicted octanol–water partition coefficient (Wildman–Crippen LogP) is 11.6. The number of Topliss-reactive ketones (excluding diaryl/α,β-unsaturated/α-hetero) is 2. The Morgan fingerprint density at radius 1 is 0.611 bits per heavy atom. The largest absolute Gasteiger partial charge is 0.494 e. The maximum atomic E-state index is 16.1. The third-order valence-corrected chi connectivity index (χ3v) is 18.1. The molecule has 0 unspecified atom stereocenters. The summed E-state index contributed by atoms with van der Waals surface area (Å²) in [7, 11) is -0.337. The van der Waals surface area contributed by atoms with Crippen molar-refractivity contribution in [3.05, 3.63) is 174 Å². The molecule has 0 spiro atoms. The van der Waals surface area contributed by atoms with Gasteiger partial charge in [0.1, 0.15) is 23.7 Å². The van der Waals surface area contributed by atoms with Gasteiger partial charge in [-0.1, -0.05) is 71.9 Å². The standard InChI is InChI=1S/C38H39F4N7O3.C29H41BN2O4.2CH4/c1-3-26(25(2)50)20-35(51)28-6-12-32(13-7-28)48-18-16-47(17-19-48)31-10-4-27(5-11-31)29-8-15-36(43-22-29)38(41,42)37(52,23-49-24-44-45-46-49)33-14-9-30(39)21-34(33)40;1-7-22(21(2)33)20-27(34)23-8-12-25(13-9-23)31-16-18-32(19-17-31)26-14-10-24(11-15-26)30-35-28(3,4)29(5,6)36-30;;/h4-15,21-22,24-26,50,52H,3,16-20,23H2,1-2H3;8-15,21-22,33H,7,16-20H2,1-6H3;2*1H4/t25-,26+,37-;21-,22+;;/m00../s1. The van der Waals surface area contributed by atoms with Crippen LogP contribution in [0.2, 0.25) is 0 Å². The van der Waals surface area contributed by atoms with Crippen LogP contribution < -0.4 is 25.1 Å². The van der Waals surface area contributed by atoms with E-state index < -0.39 is 53.2 Å². The molecular weight excluding hydrogens is 1150 g/mol. The van der Waals surface area contributed by atoms with Crippen LogP contribution in [0.5, 0.6) is 0 Å². The van der Waals surface area contributed by atoms with Crippen molar-refractivity contribution in [3.63, 3.8) is 0 Å². The first-order chi connectivity index (χ1) is 41.9. The van der Waals surface area contributed by atoms with Crippen LogP contribution in [0.15, 0.2) is 140 Å². The number of alkyl halides is 2. The minimum Gasteiger partial charge on any atom is -0.399 e. The van der Waals surface area contributed by atoms with Crippen molar-refractivity contribution in [1.29, 1.82) is 0 Å². The number of rotatable bonds is 21. The zero-order valence-corrected chi connectivity index (χ0v) is 51.4. The Bertz CT molecular complexity index is 3400. The molecule has 5 heterocycles. The van der Waals surface area contributed by atoms with Crippen molar-refractivity contribution in [3.8, 4) is 11.1 Å². The second kappa shape index (κ2) is 29.6. The zero-order chi connectivity index (χ0) is 63.1. The van der Waals surface area contributed by atoms with E-state index in [1.165, 1.54) is 18.0 Å². The van der Waals surface area contributed by atoms with Gasteiger partial charge < -0.3 is 44.2 Å². The molecule has 7 aromatic rings. The number of carbonyl (C=O) groups excluding carboxylic acids is 2. The minimum atomic E-state index is -4.15. The summed E-state index contributed by atoms with van der Waals surface area (Å²) in [4.78, 5) is 38.6. The molecule has 3 aliphatic rings. The molecule has 10 rings (SSSR count). The van der Waals surface area contributed by atoms with E-state index in [1.807, 2.05) is 86.6 Å². The van der Waals surface area contributed by atoms with E-state index in [-0.39, 0.29) is 56.6 Å². The van der Waals surface area contributed by atoms with Crippen LogP contribution in [0.3, 0.4) is 0 Å². The first-order valence-electron chi connectivity index (χ1n) is 30.3. The Morgan fingerprint density at radius 2 is 1.02 bits per heavy atom. The van der Waals surface area contributed by atoms with E-state index in [2.05, 4.69) is 92.1 Å². The van der Waals surface area contributed by atoms with Gasteiger partial charge in [0, 0.05) is 122 Å². The number of anilines is 4. The van der Waals surface area contributed by atoms with Crippen LogP contribution in [0.1, 0.15) is 128 Å². The molecule has 2 aromatic heterocycles. The van der Waals surface area contributed by atoms with Crippen molar-refractivity contribution in [2.75, 3.05) is 72.0 Å². The lowest BCUT2D eigenvalue weighted by atomic mass is 9.79. The summed E-state index contributed by atoms with van der Waals surface area (Å²) in [5, 5.41) is 41.5. The molecule has 90 heavy (non-hydrogen) atoms. The zero-order valence-electron chi connectivity index (χ0n) is 51.4. The van der Waals surface area contributed by atoms with Gasteiger partial charge in [0.25, 0.3) is 0 Å². The number of hydrogen-bond donors (Lipinski definition) is 3. The number of aliphatic hydroxyl groups is 3. The number of aromatic nitrogens is 5. The molecule has 0 radical (unpaired) electrons. The Balaban J connectivity index is 0.000000267. The summed E-state index contributed by atoms with van der Waals surface area (Å²) < 4.78 is 73.9. The van der Waals surface area contributed by atoms with Gasteiger partial charge in [0.2, 0.25) is 0 Å². The van der Waals surface area contributed by atoms with E-state index in [0.29, 0.717) is 30.0 Å². The second-order valence-corrected chi connectivity index (χ2v) is 24.3. The summed E-state index contributed by atoms with van der Waals surface area (Å²) in [6.07, 6.45) is 3.50. The monoisotopic (exact) mass is 1240 g/mol. The van der Waals surface area contributed by atoms with Gasteiger partial charge in [-0.25, -0.2) is 13.5 Å². The van der Waals surface area contributed by atoms with Gasteiger partial charge in [-0.3, -0.25) is 14.6 Å². The number of pyridine rings is 1. The lowest BCUT2D eigenvalue weighted by Gasteiger charge is -2.37. The van der Waals surface area contributed by atoms with Crippen molar-refractivity contribution in [2.45, 2.75) is 137 Å². The third kappa shape index (κ3) is 15.8. The molecule has 0 saturated carbocycles. The molecule has 482 valence electrons. The maximum Gasteiger partial charge on any atom is 0.494 e. The number of piperazine rings is 2. The number of ketones is 2.